The lowest BCUT2D eigenvalue weighted by Crippen LogP contribution is -2.01. The molecule has 0 radical (unpaired) electrons. The van der Waals surface area contributed by atoms with Crippen molar-refractivity contribution in [3.63, 3.8) is 0 Å². The van der Waals surface area contributed by atoms with Crippen molar-refractivity contribution in [2.45, 2.75) is 12.2 Å². The first-order valence-electron chi connectivity index (χ1n) is 5.28. The fourth-order valence-electron chi connectivity index (χ4n) is 1.64. The maximum absolute atomic E-state index is 11.4. The molecule has 1 aromatic heterocycles. The Morgan fingerprint density at radius 1 is 1.41 bits per heavy atom. The van der Waals surface area contributed by atoms with Crippen LogP contribution in [0.5, 0.6) is 0 Å². The fraction of sp³-hybridized carbons (Fsp3) is 0.231. The van der Waals surface area contributed by atoms with Crippen LogP contribution in [0, 0.1) is 0 Å². The molecule has 0 N–H and O–H groups in total. The van der Waals surface area contributed by atoms with Crippen molar-refractivity contribution < 1.29 is 9.53 Å². The van der Waals surface area contributed by atoms with Crippen LogP contribution in [0.1, 0.15) is 28.1 Å². The van der Waals surface area contributed by atoms with Gasteiger partial charge in [-0.15, -0.1) is 0 Å². The summed E-state index contributed by atoms with van der Waals surface area (Å²) in [5.74, 6) is -0.372. The lowest BCUT2D eigenvalue weighted by atomic mass is 10.1. The topological polar surface area (TPSA) is 39.2 Å². The largest absolute Gasteiger partial charge is 0.465 e. The van der Waals surface area contributed by atoms with Crippen LogP contribution in [-0.2, 0) is 4.74 Å². The van der Waals surface area contributed by atoms with Crippen LogP contribution in [0.2, 0.25) is 0 Å². The van der Waals surface area contributed by atoms with E-state index in [2.05, 4.69) is 22.3 Å². The number of rotatable bonds is 2. The van der Waals surface area contributed by atoms with Gasteiger partial charge in [-0.1, -0.05) is 6.07 Å². The maximum atomic E-state index is 11.4. The van der Waals surface area contributed by atoms with Crippen LogP contribution in [0.3, 0.4) is 0 Å². The summed E-state index contributed by atoms with van der Waals surface area (Å²) >= 11 is 4.39. The minimum atomic E-state index is -0.372. The lowest BCUT2D eigenvalue weighted by Gasteiger charge is -2.06. The van der Waals surface area contributed by atoms with Gasteiger partial charge in [-0.2, -0.15) is 12.6 Å². The predicted molar refractivity (Wildman–Crippen MR) is 70.5 cm³/mol. The molecule has 0 aliphatic rings. The minimum Gasteiger partial charge on any atom is -0.465 e. The highest BCUT2D eigenvalue weighted by Gasteiger charge is 2.08. The SMILES string of the molecule is COC(=O)c1cnc2ccc(C(C)S)cc2c1. The normalized spacial score (nSPS) is 12.4. The van der Waals surface area contributed by atoms with E-state index in [1.165, 1.54) is 13.3 Å². The minimum absolute atomic E-state index is 0.154. The van der Waals surface area contributed by atoms with Crippen molar-refractivity contribution in [1.82, 2.24) is 4.98 Å². The third-order valence-corrected chi connectivity index (χ3v) is 2.91. The number of methoxy groups -OCH3 is 1. The number of pyridine rings is 1. The number of ether oxygens (including phenoxy) is 1. The molecule has 1 heterocycles. The second kappa shape index (κ2) is 4.75. The fourth-order valence-corrected chi connectivity index (χ4v) is 1.80. The molecule has 1 aromatic carbocycles. The third-order valence-electron chi connectivity index (χ3n) is 2.61. The molecule has 3 nitrogen and oxygen atoms in total. The van der Waals surface area contributed by atoms with E-state index in [-0.39, 0.29) is 11.2 Å². The molecule has 0 spiro atoms. The smallest absolute Gasteiger partial charge is 0.339 e. The quantitative estimate of drug-likeness (QED) is 0.655. The van der Waals surface area contributed by atoms with Crippen LogP contribution in [0.25, 0.3) is 10.9 Å². The Morgan fingerprint density at radius 2 is 2.18 bits per heavy atom. The summed E-state index contributed by atoms with van der Waals surface area (Å²) in [5, 5.41) is 1.08. The second-order valence-electron chi connectivity index (χ2n) is 3.84. The number of esters is 1. The average molecular weight is 247 g/mol. The number of thiol groups is 1. The predicted octanol–water partition coefficient (Wildman–Crippen LogP) is 3.01. The molecule has 17 heavy (non-hydrogen) atoms. The Morgan fingerprint density at radius 3 is 2.82 bits per heavy atom. The Labute approximate surface area is 105 Å². The first-order valence-corrected chi connectivity index (χ1v) is 5.79. The monoisotopic (exact) mass is 247 g/mol. The third kappa shape index (κ3) is 2.42. The van der Waals surface area contributed by atoms with E-state index < -0.39 is 0 Å². The summed E-state index contributed by atoms with van der Waals surface area (Å²) in [6.45, 7) is 2.00. The molecule has 0 aliphatic heterocycles. The van der Waals surface area contributed by atoms with E-state index in [4.69, 9.17) is 0 Å². The van der Waals surface area contributed by atoms with E-state index in [9.17, 15) is 4.79 Å². The first-order chi connectivity index (χ1) is 8.11. The number of benzene rings is 1. The Kier molecular flexibility index (Phi) is 3.33. The van der Waals surface area contributed by atoms with Crippen molar-refractivity contribution in [3.8, 4) is 0 Å². The molecule has 0 aliphatic carbocycles. The van der Waals surface area contributed by atoms with Crippen LogP contribution in [0.4, 0.5) is 0 Å². The highest BCUT2D eigenvalue weighted by atomic mass is 32.1. The number of hydrogen-bond acceptors (Lipinski definition) is 4. The van der Waals surface area contributed by atoms with Gasteiger partial charge in [0.15, 0.2) is 0 Å². The number of hydrogen-bond donors (Lipinski definition) is 1. The first kappa shape index (κ1) is 11.9. The highest BCUT2D eigenvalue weighted by Crippen LogP contribution is 2.23. The molecular formula is C13H13NO2S. The van der Waals surface area contributed by atoms with Gasteiger partial charge < -0.3 is 4.74 Å². The van der Waals surface area contributed by atoms with Gasteiger partial charge in [-0.25, -0.2) is 4.79 Å². The Bertz CT molecular complexity index is 566. The molecular weight excluding hydrogens is 234 g/mol. The van der Waals surface area contributed by atoms with E-state index in [1.54, 1.807) is 6.07 Å². The van der Waals surface area contributed by atoms with Crippen molar-refractivity contribution in [2.24, 2.45) is 0 Å². The zero-order valence-electron chi connectivity index (χ0n) is 9.68. The summed E-state index contributed by atoms with van der Waals surface area (Å²) in [6, 6.07) is 7.70. The van der Waals surface area contributed by atoms with E-state index in [0.29, 0.717) is 5.56 Å². The molecule has 1 unspecified atom stereocenters. The van der Waals surface area contributed by atoms with Crippen LogP contribution >= 0.6 is 12.6 Å². The molecule has 2 aromatic rings. The molecule has 0 bridgehead atoms. The summed E-state index contributed by atoms with van der Waals surface area (Å²) in [4.78, 5) is 15.6. The zero-order valence-corrected chi connectivity index (χ0v) is 10.6. The van der Waals surface area contributed by atoms with Gasteiger partial charge in [0.05, 0.1) is 18.2 Å². The number of carbonyl (C=O) groups excluding carboxylic acids is 1. The molecule has 0 saturated carbocycles. The van der Waals surface area contributed by atoms with Crippen LogP contribution in [0.15, 0.2) is 30.5 Å². The van der Waals surface area contributed by atoms with Gasteiger partial charge in [0.25, 0.3) is 0 Å². The summed E-state index contributed by atoms with van der Waals surface area (Å²) in [7, 11) is 1.36. The number of carbonyl (C=O) groups is 1. The molecule has 0 amide bonds. The van der Waals surface area contributed by atoms with E-state index >= 15 is 0 Å². The van der Waals surface area contributed by atoms with Gasteiger partial charge in [0, 0.05) is 16.8 Å². The molecule has 0 saturated heterocycles. The van der Waals surface area contributed by atoms with Gasteiger partial charge >= 0.3 is 5.97 Å². The standard InChI is InChI=1S/C13H13NO2S/c1-8(17)9-3-4-12-10(5-9)6-11(7-14-12)13(15)16-2/h3-8,17H,1-2H3. The van der Waals surface area contributed by atoms with Gasteiger partial charge in [0.2, 0.25) is 0 Å². The number of fused-ring (bicyclic) bond motifs is 1. The molecule has 0 fully saturated rings. The highest BCUT2D eigenvalue weighted by molar-refractivity contribution is 7.80. The lowest BCUT2D eigenvalue weighted by molar-refractivity contribution is 0.0600. The van der Waals surface area contributed by atoms with Crippen molar-refractivity contribution in [1.29, 1.82) is 0 Å². The van der Waals surface area contributed by atoms with E-state index in [0.717, 1.165) is 16.5 Å². The van der Waals surface area contributed by atoms with Crippen LogP contribution in [-0.4, -0.2) is 18.1 Å². The van der Waals surface area contributed by atoms with Crippen LogP contribution < -0.4 is 0 Å². The average Bonchev–Trinajstić information content (AvgIpc) is 2.36. The molecule has 4 heteroatoms. The Hall–Kier alpha value is -1.55. The maximum Gasteiger partial charge on any atom is 0.339 e. The molecule has 88 valence electrons. The summed E-state index contributed by atoms with van der Waals surface area (Å²) in [6.07, 6.45) is 1.53. The van der Waals surface area contributed by atoms with Gasteiger partial charge in [-0.3, -0.25) is 4.98 Å². The van der Waals surface area contributed by atoms with Gasteiger partial charge in [0.1, 0.15) is 0 Å². The second-order valence-corrected chi connectivity index (χ2v) is 4.62. The van der Waals surface area contributed by atoms with Crippen molar-refractivity contribution in [2.75, 3.05) is 7.11 Å². The molecule has 1 atom stereocenters. The summed E-state index contributed by atoms with van der Waals surface area (Å²) < 4.78 is 4.67. The van der Waals surface area contributed by atoms with E-state index in [1.807, 2.05) is 25.1 Å². The number of nitrogens with zero attached hydrogens (tertiary/aromatic N) is 1. The van der Waals surface area contributed by atoms with Gasteiger partial charge in [-0.05, 0) is 30.7 Å². The molecule has 2 rings (SSSR count). The van der Waals surface area contributed by atoms with Crippen molar-refractivity contribution in [3.05, 3.63) is 41.6 Å². The zero-order chi connectivity index (χ0) is 12.4. The number of aromatic nitrogens is 1. The van der Waals surface area contributed by atoms with Crippen molar-refractivity contribution >= 4 is 29.5 Å². The Balaban J connectivity index is 2.54. The summed E-state index contributed by atoms with van der Waals surface area (Å²) in [5.41, 5.74) is 2.42.